The second kappa shape index (κ2) is 4.51. The number of fused-ring (bicyclic) bond motifs is 1. The summed E-state index contributed by atoms with van der Waals surface area (Å²) in [6, 6.07) is 8.80. The number of nitrogens with one attached hydrogen (secondary N) is 1. The Morgan fingerprint density at radius 1 is 1.24 bits per heavy atom. The van der Waals surface area contributed by atoms with Crippen molar-refractivity contribution in [3.8, 4) is 0 Å². The first-order chi connectivity index (χ1) is 8.38. The fourth-order valence-corrected chi connectivity index (χ4v) is 2.93. The maximum atomic E-state index is 5.70. The smallest absolute Gasteiger partial charge is 0.111 e. The van der Waals surface area contributed by atoms with Crippen LogP contribution in [-0.4, -0.2) is 12.6 Å². The highest BCUT2D eigenvalue weighted by atomic mass is 16.5. The van der Waals surface area contributed by atoms with Gasteiger partial charge in [-0.05, 0) is 36.0 Å². The van der Waals surface area contributed by atoms with Crippen LogP contribution in [0.25, 0.3) is 0 Å². The Kier molecular flexibility index (Phi) is 2.87. The van der Waals surface area contributed by atoms with Crippen LogP contribution in [0, 0.1) is 5.92 Å². The highest BCUT2D eigenvalue weighted by Gasteiger charge is 2.31. The van der Waals surface area contributed by atoms with E-state index in [-0.39, 0.29) is 6.04 Å². The van der Waals surface area contributed by atoms with Crippen molar-refractivity contribution in [1.29, 1.82) is 0 Å². The van der Waals surface area contributed by atoms with Crippen LogP contribution in [0.2, 0.25) is 0 Å². The molecule has 3 N–H and O–H groups in total. The zero-order valence-electron chi connectivity index (χ0n) is 9.86. The number of hydrogen-bond donors (Lipinski definition) is 2. The third-order valence-corrected chi connectivity index (χ3v) is 3.77. The predicted molar refractivity (Wildman–Crippen MR) is 67.1 cm³/mol. The van der Waals surface area contributed by atoms with E-state index in [1.165, 1.54) is 11.1 Å². The minimum absolute atomic E-state index is 0.157. The maximum absolute atomic E-state index is 5.70. The summed E-state index contributed by atoms with van der Waals surface area (Å²) in [6.07, 6.45) is 5.35. The van der Waals surface area contributed by atoms with Crippen molar-refractivity contribution in [1.82, 2.24) is 5.43 Å². The summed E-state index contributed by atoms with van der Waals surface area (Å²) in [6.45, 7) is 0.799. The average molecular weight is 230 g/mol. The number of rotatable bonds is 3. The Morgan fingerprint density at radius 2 is 1.94 bits per heavy atom. The van der Waals surface area contributed by atoms with E-state index in [1.807, 2.05) is 0 Å². The van der Waals surface area contributed by atoms with Gasteiger partial charge in [-0.25, -0.2) is 5.43 Å². The molecule has 0 saturated carbocycles. The molecule has 0 aromatic heterocycles. The Bertz CT molecular complexity index is 417. The van der Waals surface area contributed by atoms with Gasteiger partial charge in [0.2, 0.25) is 0 Å². The molecule has 0 saturated heterocycles. The normalized spacial score (nSPS) is 20.9. The van der Waals surface area contributed by atoms with Crippen LogP contribution in [0.15, 0.2) is 36.1 Å². The number of hydrazine groups is 1. The highest BCUT2D eigenvalue weighted by Crippen LogP contribution is 2.32. The van der Waals surface area contributed by atoms with Gasteiger partial charge in [0.05, 0.1) is 12.6 Å². The fourth-order valence-electron chi connectivity index (χ4n) is 2.93. The first-order valence-electron chi connectivity index (χ1n) is 6.24. The quantitative estimate of drug-likeness (QED) is 0.611. The molecule has 1 aliphatic heterocycles. The average Bonchev–Trinajstić information content (AvgIpc) is 2.98. The van der Waals surface area contributed by atoms with Crippen molar-refractivity contribution in [2.75, 3.05) is 6.61 Å². The van der Waals surface area contributed by atoms with Gasteiger partial charge in [0.1, 0.15) is 5.76 Å². The molecule has 17 heavy (non-hydrogen) atoms. The first kappa shape index (κ1) is 10.8. The molecule has 1 aliphatic carbocycles. The van der Waals surface area contributed by atoms with Crippen molar-refractivity contribution >= 4 is 0 Å². The van der Waals surface area contributed by atoms with Crippen molar-refractivity contribution in [2.24, 2.45) is 11.8 Å². The fraction of sp³-hybridized carbons (Fsp3) is 0.429. The monoisotopic (exact) mass is 230 g/mol. The van der Waals surface area contributed by atoms with Crippen LogP contribution in [0.4, 0.5) is 0 Å². The summed E-state index contributed by atoms with van der Waals surface area (Å²) < 4.78 is 5.64. The number of benzene rings is 1. The van der Waals surface area contributed by atoms with E-state index in [4.69, 9.17) is 10.6 Å². The van der Waals surface area contributed by atoms with Gasteiger partial charge >= 0.3 is 0 Å². The predicted octanol–water partition coefficient (Wildman–Crippen LogP) is 1.54. The maximum Gasteiger partial charge on any atom is 0.111 e. The van der Waals surface area contributed by atoms with Gasteiger partial charge in [0, 0.05) is 6.42 Å². The molecular weight excluding hydrogens is 212 g/mol. The summed E-state index contributed by atoms with van der Waals surface area (Å²) in [5.74, 6) is 7.24. The van der Waals surface area contributed by atoms with E-state index in [2.05, 4.69) is 35.8 Å². The van der Waals surface area contributed by atoms with E-state index >= 15 is 0 Å². The molecule has 0 bridgehead atoms. The van der Waals surface area contributed by atoms with Crippen LogP contribution < -0.4 is 11.3 Å². The molecule has 0 radical (unpaired) electrons. The molecule has 1 aromatic rings. The molecule has 3 nitrogen and oxygen atoms in total. The van der Waals surface area contributed by atoms with E-state index in [1.54, 1.807) is 0 Å². The largest absolute Gasteiger partial charge is 0.496 e. The molecule has 2 aliphatic rings. The molecule has 1 aromatic carbocycles. The van der Waals surface area contributed by atoms with E-state index in [0.29, 0.717) is 5.92 Å². The second-order valence-electron chi connectivity index (χ2n) is 4.83. The molecule has 1 atom stereocenters. The van der Waals surface area contributed by atoms with Gasteiger partial charge < -0.3 is 4.74 Å². The lowest BCUT2D eigenvalue weighted by Crippen LogP contribution is -2.42. The van der Waals surface area contributed by atoms with E-state index < -0.39 is 0 Å². The van der Waals surface area contributed by atoms with Crippen LogP contribution >= 0.6 is 0 Å². The first-order valence-corrected chi connectivity index (χ1v) is 6.24. The molecule has 0 fully saturated rings. The van der Waals surface area contributed by atoms with Gasteiger partial charge in [-0.15, -0.1) is 0 Å². The lowest BCUT2D eigenvalue weighted by Gasteiger charge is -2.23. The summed E-state index contributed by atoms with van der Waals surface area (Å²) in [4.78, 5) is 0. The van der Waals surface area contributed by atoms with E-state index in [9.17, 15) is 0 Å². The number of ether oxygens (including phenoxy) is 1. The summed E-state index contributed by atoms with van der Waals surface area (Å²) >= 11 is 0. The third-order valence-electron chi connectivity index (χ3n) is 3.77. The third kappa shape index (κ3) is 1.96. The van der Waals surface area contributed by atoms with Gasteiger partial charge in [-0.3, -0.25) is 5.84 Å². The zero-order valence-corrected chi connectivity index (χ0v) is 9.86. The molecule has 0 spiro atoms. The molecule has 0 amide bonds. The molecule has 90 valence electrons. The standard InChI is InChI=1S/C14H18N2O/c15-16-14(13-6-3-7-17-13)12-8-10-4-1-2-5-11(10)9-12/h1-2,4-6,12,14,16H,3,7-9,15H2. The van der Waals surface area contributed by atoms with Crippen LogP contribution in [0.5, 0.6) is 0 Å². The lowest BCUT2D eigenvalue weighted by atomic mass is 9.95. The Balaban J connectivity index is 1.78. The number of nitrogens with two attached hydrogens (primary N) is 1. The SMILES string of the molecule is NNC(C1=CCCO1)C1Cc2ccccc2C1. The molecular formula is C14H18N2O. The molecule has 1 heterocycles. The molecule has 1 unspecified atom stereocenters. The second-order valence-corrected chi connectivity index (χ2v) is 4.83. The van der Waals surface area contributed by atoms with Gasteiger partial charge in [0.15, 0.2) is 0 Å². The Labute approximate surface area is 102 Å². The Morgan fingerprint density at radius 3 is 2.47 bits per heavy atom. The van der Waals surface area contributed by atoms with Gasteiger partial charge in [0.25, 0.3) is 0 Å². The molecule has 3 heteroatoms. The van der Waals surface area contributed by atoms with Crippen molar-refractivity contribution in [2.45, 2.75) is 25.3 Å². The van der Waals surface area contributed by atoms with Crippen molar-refractivity contribution in [3.63, 3.8) is 0 Å². The van der Waals surface area contributed by atoms with Crippen molar-refractivity contribution in [3.05, 3.63) is 47.2 Å². The zero-order chi connectivity index (χ0) is 11.7. The lowest BCUT2D eigenvalue weighted by molar-refractivity contribution is 0.194. The summed E-state index contributed by atoms with van der Waals surface area (Å²) in [7, 11) is 0. The summed E-state index contributed by atoms with van der Waals surface area (Å²) in [5.41, 5.74) is 5.84. The highest BCUT2D eigenvalue weighted by molar-refractivity contribution is 5.33. The van der Waals surface area contributed by atoms with Gasteiger partial charge in [-0.1, -0.05) is 24.3 Å². The molecule has 3 rings (SSSR count). The minimum Gasteiger partial charge on any atom is -0.496 e. The summed E-state index contributed by atoms with van der Waals surface area (Å²) in [5, 5.41) is 0. The van der Waals surface area contributed by atoms with Gasteiger partial charge in [-0.2, -0.15) is 0 Å². The van der Waals surface area contributed by atoms with E-state index in [0.717, 1.165) is 31.6 Å². The topological polar surface area (TPSA) is 47.3 Å². The minimum atomic E-state index is 0.157. The van der Waals surface area contributed by atoms with Crippen LogP contribution in [-0.2, 0) is 17.6 Å². The Hall–Kier alpha value is -1.32. The van der Waals surface area contributed by atoms with Crippen LogP contribution in [0.3, 0.4) is 0 Å². The number of hydrogen-bond acceptors (Lipinski definition) is 3. The van der Waals surface area contributed by atoms with Crippen molar-refractivity contribution < 1.29 is 4.74 Å². The van der Waals surface area contributed by atoms with Crippen LogP contribution in [0.1, 0.15) is 17.5 Å².